The molecule has 0 saturated carbocycles. The SMILES string of the molecule is COc1cc(/C=C/C(=O)c2ccc(OCC#N)cc2)ccc1OCc1ccccc1. The van der Waals surface area contributed by atoms with E-state index in [9.17, 15) is 4.79 Å². The van der Waals surface area contributed by atoms with Gasteiger partial charge in [-0.15, -0.1) is 0 Å². The molecule has 0 heterocycles. The zero-order valence-corrected chi connectivity index (χ0v) is 16.6. The van der Waals surface area contributed by atoms with Crippen molar-refractivity contribution in [1.29, 1.82) is 5.26 Å². The van der Waals surface area contributed by atoms with Crippen LogP contribution in [0.4, 0.5) is 0 Å². The highest BCUT2D eigenvalue weighted by Crippen LogP contribution is 2.29. The highest BCUT2D eigenvalue weighted by atomic mass is 16.5. The van der Waals surface area contributed by atoms with Gasteiger partial charge in [0.25, 0.3) is 0 Å². The second kappa shape index (κ2) is 10.5. The zero-order chi connectivity index (χ0) is 21.2. The number of nitriles is 1. The average molecular weight is 399 g/mol. The molecule has 150 valence electrons. The van der Waals surface area contributed by atoms with Crippen LogP contribution >= 0.6 is 0 Å². The largest absolute Gasteiger partial charge is 0.493 e. The lowest BCUT2D eigenvalue weighted by Crippen LogP contribution is -1.98. The molecule has 0 atom stereocenters. The lowest BCUT2D eigenvalue weighted by Gasteiger charge is -2.11. The van der Waals surface area contributed by atoms with Crippen molar-refractivity contribution in [3.05, 3.63) is 95.6 Å². The number of allylic oxidation sites excluding steroid dienone is 1. The van der Waals surface area contributed by atoms with Crippen LogP contribution in [-0.2, 0) is 6.61 Å². The summed E-state index contributed by atoms with van der Waals surface area (Å²) in [7, 11) is 1.58. The fourth-order valence-corrected chi connectivity index (χ4v) is 2.74. The van der Waals surface area contributed by atoms with Crippen molar-refractivity contribution >= 4 is 11.9 Å². The summed E-state index contributed by atoms with van der Waals surface area (Å²) < 4.78 is 16.5. The van der Waals surface area contributed by atoms with Crippen molar-refractivity contribution in [2.75, 3.05) is 13.7 Å². The third kappa shape index (κ3) is 5.73. The molecule has 0 aromatic heterocycles. The minimum Gasteiger partial charge on any atom is -0.493 e. The second-order valence-electron chi connectivity index (χ2n) is 6.35. The van der Waals surface area contributed by atoms with Crippen LogP contribution in [-0.4, -0.2) is 19.5 Å². The molecule has 5 nitrogen and oxygen atoms in total. The van der Waals surface area contributed by atoms with Gasteiger partial charge in [0, 0.05) is 5.56 Å². The Morgan fingerprint density at radius 1 is 0.967 bits per heavy atom. The molecule has 0 N–H and O–H groups in total. The highest BCUT2D eigenvalue weighted by Gasteiger charge is 2.07. The molecule has 0 aliphatic heterocycles. The van der Waals surface area contributed by atoms with E-state index in [1.165, 1.54) is 6.08 Å². The maximum Gasteiger partial charge on any atom is 0.185 e. The number of methoxy groups -OCH3 is 1. The first-order valence-electron chi connectivity index (χ1n) is 9.36. The standard InChI is InChI=1S/C25H21NO4/c1-28-25-17-19(8-14-24(25)30-18-20-5-3-2-4-6-20)7-13-23(27)21-9-11-22(12-10-21)29-16-15-26/h2-14,17H,16,18H2,1H3/b13-7+. The summed E-state index contributed by atoms with van der Waals surface area (Å²) in [5.41, 5.74) is 2.42. The van der Waals surface area contributed by atoms with Crippen LogP contribution in [0.3, 0.4) is 0 Å². The van der Waals surface area contributed by atoms with E-state index in [0.29, 0.717) is 29.4 Å². The molecule has 30 heavy (non-hydrogen) atoms. The molecule has 0 fully saturated rings. The van der Waals surface area contributed by atoms with Crippen molar-refractivity contribution in [1.82, 2.24) is 0 Å². The predicted octanol–water partition coefficient (Wildman–Crippen LogP) is 5.07. The van der Waals surface area contributed by atoms with E-state index in [2.05, 4.69) is 0 Å². The van der Waals surface area contributed by atoms with Gasteiger partial charge in [-0.1, -0.05) is 42.5 Å². The summed E-state index contributed by atoms with van der Waals surface area (Å²) in [5.74, 6) is 1.65. The van der Waals surface area contributed by atoms with Gasteiger partial charge < -0.3 is 14.2 Å². The number of nitrogens with zero attached hydrogens (tertiary/aromatic N) is 1. The Morgan fingerprint density at radius 2 is 1.73 bits per heavy atom. The number of carbonyl (C=O) groups is 1. The van der Waals surface area contributed by atoms with Crippen molar-refractivity contribution in [2.24, 2.45) is 0 Å². The number of hydrogen-bond acceptors (Lipinski definition) is 5. The van der Waals surface area contributed by atoms with Gasteiger partial charge >= 0.3 is 0 Å². The Balaban J connectivity index is 1.65. The topological polar surface area (TPSA) is 68.5 Å². The minimum absolute atomic E-state index is 0.0277. The van der Waals surface area contributed by atoms with Crippen molar-refractivity contribution in [3.8, 4) is 23.3 Å². The molecule has 0 saturated heterocycles. The third-order valence-electron chi connectivity index (χ3n) is 4.29. The summed E-state index contributed by atoms with van der Waals surface area (Å²) in [6.45, 7) is 0.416. The zero-order valence-electron chi connectivity index (χ0n) is 16.6. The Hall–Kier alpha value is -4.04. The molecule has 0 bridgehead atoms. The van der Waals surface area contributed by atoms with Gasteiger partial charge in [-0.05, 0) is 53.6 Å². The predicted molar refractivity (Wildman–Crippen MR) is 115 cm³/mol. The van der Waals surface area contributed by atoms with Gasteiger partial charge in [-0.2, -0.15) is 5.26 Å². The maximum atomic E-state index is 12.4. The summed E-state index contributed by atoms with van der Waals surface area (Å²) in [5, 5.41) is 8.53. The number of hydrogen-bond donors (Lipinski definition) is 0. The Morgan fingerprint density at radius 3 is 2.43 bits per heavy atom. The Kier molecular flexibility index (Phi) is 7.23. The molecule has 0 amide bonds. The van der Waals surface area contributed by atoms with Crippen LogP contribution in [0, 0.1) is 11.3 Å². The van der Waals surface area contributed by atoms with E-state index in [4.69, 9.17) is 19.5 Å². The molecule has 3 rings (SSSR count). The Labute approximate surface area is 175 Å². The van der Waals surface area contributed by atoms with Gasteiger partial charge in [0.05, 0.1) is 7.11 Å². The van der Waals surface area contributed by atoms with E-state index in [0.717, 1.165) is 11.1 Å². The summed E-state index contributed by atoms with van der Waals surface area (Å²) in [6, 6.07) is 24.0. The molecule has 3 aromatic rings. The molecule has 5 heteroatoms. The van der Waals surface area contributed by atoms with Gasteiger partial charge in [0.15, 0.2) is 23.9 Å². The monoisotopic (exact) mass is 399 g/mol. The van der Waals surface area contributed by atoms with E-state index >= 15 is 0 Å². The average Bonchev–Trinajstić information content (AvgIpc) is 2.81. The lowest BCUT2D eigenvalue weighted by molar-refractivity contribution is 0.104. The summed E-state index contributed by atoms with van der Waals surface area (Å²) in [6.07, 6.45) is 3.23. The van der Waals surface area contributed by atoms with Crippen LogP contribution in [0.2, 0.25) is 0 Å². The molecule has 0 aliphatic rings. The molecule has 0 radical (unpaired) electrons. The van der Waals surface area contributed by atoms with Crippen LogP contribution < -0.4 is 14.2 Å². The van der Waals surface area contributed by atoms with E-state index in [-0.39, 0.29) is 12.4 Å². The van der Waals surface area contributed by atoms with Crippen LogP contribution in [0.15, 0.2) is 78.9 Å². The minimum atomic E-state index is -0.134. The summed E-state index contributed by atoms with van der Waals surface area (Å²) in [4.78, 5) is 12.4. The number of benzene rings is 3. The van der Waals surface area contributed by atoms with Crippen molar-refractivity contribution in [3.63, 3.8) is 0 Å². The first-order chi connectivity index (χ1) is 14.7. The molecule has 3 aromatic carbocycles. The molecule has 0 spiro atoms. The fraction of sp³-hybridized carbons (Fsp3) is 0.120. The first kappa shape index (κ1) is 20.7. The van der Waals surface area contributed by atoms with Gasteiger partial charge in [0.1, 0.15) is 18.4 Å². The smallest absolute Gasteiger partial charge is 0.185 e. The number of rotatable bonds is 9. The Bertz CT molecular complexity index is 1050. The molecular weight excluding hydrogens is 378 g/mol. The molecule has 0 aliphatic carbocycles. The van der Waals surface area contributed by atoms with Gasteiger partial charge in [-0.25, -0.2) is 0 Å². The number of ether oxygens (including phenoxy) is 3. The van der Waals surface area contributed by atoms with Gasteiger partial charge in [0.2, 0.25) is 0 Å². The maximum absolute atomic E-state index is 12.4. The van der Waals surface area contributed by atoms with E-state index < -0.39 is 0 Å². The number of ketones is 1. The van der Waals surface area contributed by atoms with Crippen molar-refractivity contribution < 1.29 is 19.0 Å². The lowest BCUT2D eigenvalue weighted by atomic mass is 10.1. The molecular formula is C25H21NO4. The van der Waals surface area contributed by atoms with Crippen LogP contribution in [0.25, 0.3) is 6.08 Å². The van der Waals surface area contributed by atoms with Gasteiger partial charge in [-0.3, -0.25) is 4.79 Å². The quantitative estimate of drug-likeness (QED) is 0.371. The number of carbonyl (C=O) groups excluding carboxylic acids is 1. The van der Waals surface area contributed by atoms with E-state index in [1.54, 1.807) is 37.5 Å². The molecule has 0 unspecified atom stereocenters. The van der Waals surface area contributed by atoms with Crippen LogP contribution in [0.1, 0.15) is 21.5 Å². The normalized spacial score (nSPS) is 10.4. The first-order valence-corrected chi connectivity index (χ1v) is 9.36. The van der Waals surface area contributed by atoms with Crippen LogP contribution in [0.5, 0.6) is 17.2 Å². The second-order valence-corrected chi connectivity index (χ2v) is 6.35. The summed E-state index contributed by atoms with van der Waals surface area (Å²) >= 11 is 0. The third-order valence-corrected chi connectivity index (χ3v) is 4.29. The highest BCUT2D eigenvalue weighted by molar-refractivity contribution is 6.06. The fourth-order valence-electron chi connectivity index (χ4n) is 2.74. The van der Waals surface area contributed by atoms with Crippen molar-refractivity contribution in [2.45, 2.75) is 6.61 Å². The van der Waals surface area contributed by atoms with E-state index in [1.807, 2.05) is 54.6 Å².